The molecule has 0 spiro atoms. The van der Waals surface area contributed by atoms with Crippen LogP contribution in [0.25, 0.3) is 0 Å². The molecule has 114 valence electrons. The molecule has 2 aromatic rings. The first kappa shape index (κ1) is 16.6. The lowest BCUT2D eigenvalue weighted by Crippen LogP contribution is -2.18. The molecule has 6 heteroatoms. The predicted molar refractivity (Wildman–Crippen MR) is 91.8 cm³/mol. The molecule has 2 rings (SSSR count). The van der Waals surface area contributed by atoms with Crippen molar-refractivity contribution in [2.24, 2.45) is 0 Å². The zero-order valence-corrected chi connectivity index (χ0v) is 15.2. The second-order valence-corrected chi connectivity index (χ2v) is 7.14. The second kappa shape index (κ2) is 7.49. The van der Waals surface area contributed by atoms with Crippen LogP contribution >= 0.6 is 38.9 Å². The normalized spacial score (nSPS) is 12.2. The fourth-order valence-electron chi connectivity index (χ4n) is 2.02. The molecular formula is C15H17BrClNO2S. The SMILES string of the molecule is COc1ccc(C(C)NCc2cc(Br)c(Cl)s2)c(OC)c1. The van der Waals surface area contributed by atoms with Gasteiger partial charge in [0.25, 0.3) is 0 Å². The Kier molecular flexibility index (Phi) is 5.93. The summed E-state index contributed by atoms with van der Waals surface area (Å²) in [6.07, 6.45) is 0. The van der Waals surface area contributed by atoms with Gasteiger partial charge in [0.2, 0.25) is 0 Å². The van der Waals surface area contributed by atoms with Crippen LogP contribution in [0.2, 0.25) is 4.34 Å². The first-order chi connectivity index (χ1) is 10.0. The Morgan fingerprint density at radius 2 is 2.05 bits per heavy atom. The van der Waals surface area contributed by atoms with Gasteiger partial charge in [0.15, 0.2) is 0 Å². The number of benzene rings is 1. The van der Waals surface area contributed by atoms with E-state index in [1.807, 2.05) is 24.3 Å². The lowest BCUT2D eigenvalue weighted by Gasteiger charge is -2.17. The van der Waals surface area contributed by atoms with Crippen molar-refractivity contribution in [2.75, 3.05) is 14.2 Å². The molecule has 0 radical (unpaired) electrons. The molecule has 0 saturated heterocycles. The van der Waals surface area contributed by atoms with Crippen LogP contribution in [-0.2, 0) is 6.54 Å². The second-order valence-electron chi connectivity index (χ2n) is 4.54. The largest absolute Gasteiger partial charge is 0.497 e. The molecule has 21 heavy (non-hydrogen) atoms. The molecule has 1 heterocycles. The van der Waals surface area contributed by atoms with Crippen LogP contribution in [0, 0.1) is 0 Å². The van der Waals surface area contributed by atoms with E-state index in [9.17, 15) is 0 Å². The topological polar surface area (TPSA) is 30.5 Å². The zero-order valence-electron chi connectivity index (χ0n) is 12.1. The highest BCUT2D eigenvalue weighted by Crippen LogP contribution is 2.33. The minimum Gasteiger partial charge on any atom is -0.497 e. The first-order valence-corrected chi connectivity index (χ1v) is 8.43. The van der Waals surface area contributed by atoms with E-state index < -0.39 is 0 Å². The highest BCUT2D eigenvalue weighted by atomic mass is 79.9. The van der Waals surface area contributed by atoms with Crippen molar-refractivity contribution in [1.29, 1.82) is 0 Å². The average Bonchev–Trinajstić information content (AvgIpc) is 2.82. The number of ether oxygens (including phenoxy) is 2. The fourth-order valence-corrected chi connectivity index (χ4v) is 3.76. The average molecular weight is 391 g/mol. The number of thiophene rings is 1. The van der Waals surface area contributed by atoms with Gasteiger partial charge < -0.3 is 14.8 Å². The maximum absolute atomic E-state index is 6.05. The standard InChI is InChI=1S/C15H17BrClNO2S/c1-9(18-8-11-7-13(16)15(17)21-11)12-5-4-10(19-2)6-14(12)20-3/h4-7,9,18H,8H2,1-3H3. The van der Waals surface area contributed by atoms with Gasteiger partial charge in [-0.25, -0.2) is 0 Å². The molecule has 0 aliphatic carbocycles. The Balaban J connectivity index is 2.07. The van der Waals surface area contributed by atoms with Crippen molar-refractivity contribution >= 4 is 38.9 Å². The van der Waals surface area contributed by atoms with E-state index in [1.54, 1.807) is 25.6 Å². The summed E-state index contributed by atoms with van der Waals surface area (Å²) in [4.78, 5) is 1.19. The van der Waals surface area contributed by atoms with E-state index in [0.29, 0.717) is 0 Å². The Bertz CT molecular complexity index is 598. The van der Waals surface area contributed by atoms with Gasteiger partial charge in [0, 0.05) is 33.6 Å². The third-order valence-corrected chi connectivity index (χ3v) is 5.66. The summed E-state index contributed by atoms with van der Waals surface area (Å²) in [5, 5.41) is 3.48. The zero-order chi connectivity index (χ0) is 15.4. The number of hydrogen-bond donors (Lipinski definition) is 1. The summed E-state index contributed by atoms with van der Waals surface area (Å²) in [6.45, 7) is 2.86. The number of hydrogen-bond acceptors (Lipinski definition) is 4. The lowest BCUT2D eigenvalue weighted by atomic mass is 10.1. The van der Waals surface area contributed by atoms with Crippen LogP contribution in [0.3, 0.4) is 0 Å². The van der Waals surface area contributed by atoms with Crippen LogP contribution < -0.4 is 14.8 Å². The van der Waals surface area contributed by atoms with E-state index in [0.717, 1.165) is 32.4 Å². The molecule has 3 nitrogen and oxygen atoms in total. The Hall–Kier alpha value is -0.750. The highest BCUT2D eigenvalue weighted by molar-refractivity contribution is 9.10. The van der Waals surface area contributed by atoms with Gasteiger partial charge in [-0.3, -0.25) is 0 Å². The fraction of sp³-hybridized carbons (Fsp3) is 0.333. The molecule has 1 unspecified atom stereocenters. The van der Waals surface area contributed by atoms with Crippen molar-refractivity contribution in [2.45, 2.75) is 19.5 Å². The lowest BCUT2D eigenvalue weighted by molar-refractivity contribution is 0.386. The van der Waals surface area contributed by atoms with E-state index in [1.165, 1.54) is 4.88 Å². The van der Waals surface area contributed by atoms with Crippen LogP contribution in [0.5, 0.6) is 11.5 Å². The van der Waals surface area contributed by atoms with Crippen molar-refractivity contribution in [3.63, 3.8) is 0 Å². The summed E-state index contributed by atoms with van der Waals surface area (Å²) in [6, 6.07) is 8.05. The van der Waals surface area contributed by atoms with Crippen molar-refractivity contribution < 1.29 is 9.47 Å². The molecule has 1 aromatic carbocycles. The van der Waals surface area contributed by atoms with Crippen molar-refractivity contribution in [3.05, 3.63) is 43.5 Å². The van der Waals surface area contributed by atoms with Gasteiger partial charge in [0.05, 0.1) is 14.2 Å². The Morgan fingerprint density at radius 1 is 1.29 bits per heavy atom. The molecule has 0 aliphatic rings. The van der Waals surface area contributed by atoms with Crippen LogP contribution in [0.4, 0.5) is 0 Å². The molecule has 0 amide bonds. The van der Waals surface area contributed by atoms with Gasteiger partial charge >= 0.3 is 0 Å². The van der Waals surface area contributed by atoms with Gasteiger partial charge in [-0.05, 0) is 35.0 Å². The number of halogens is 2. The molecular weight excluding hydrogens is 374 g/mol. The summed E-state index contributed by atoms with van der Waals surface area (Å²) >= 11 is 11.0. The van der Waals surface area contributed by atoms with Crippen LogP contribution in [0.15, 0.2) is 28.7 Å². The van der Waals surface area contributed by atoms with Gasteiger partial charge in [-0.1, -0.05) is 17.7 Å². The summed E-state index contributed by atoms with van der Waals surface area (Å²) in [5.74, 6) is 1.61. The third kappa shape index (κ3) is 4.13. The maximum atomic E-state index is 6.05. The first-order valence-electron chi connectivity index (χ1n) is 6.44. The summed E-state index contributed by atoms with van der Waals surface area (Å²) in [5.41, 5.74) is 1.10. The molecule has 0 bridgehead atoms. The van der Waals surface area contributed by atoms with Gasteiger partial charge in [0.1, 0.15) is 15.8 Å². The molecule has 1 atom stereocenters. The van der Waals surface area contributed by atoms with E-state index in [2.05, 4.69) is 28.2 Å². The highest BCUT2D eigenvalue weighted by Gasteiger charge is 2.13. The monoisotopic (exact) mass is 389 g/mol. The summed E-state index contributed by atoms with van der Waals surface area (Å²) < 4.78 is 12.4. The third-order valence-electron chi connectivity index (χ3n) is 3.19. The molecule has 0 fully saturated rings. The maximum Gasteiger partial charge on any atom is 0.127 e. The van der Waals surface area contributed by atoms with Gasteiger partial charge in [-0.2, -0.15) is 0 Å². The molecule has 0 aliphatic heterocycles. The van der Waals surface area contributed by atoms with Crippen molar-refractivity contribution in [1.82, 2.24) is 5.32 Å². The molecule has 1 N–H and O–H groups in total. The van der Waals surface area contributed by atoms with Crippen LogP contribution in [0.1, 0.15) is 23.4 Å². The quantitative estimate of drug-likeness (QED) is 0.750. The Labute approximate surface area is 142 Å². The van der Waals surface area contributed by atoms with E-state index in [-0.39, 0.29) is 6.04 Å². The number of rotatable bonds is 6. The summed E-state index contributed by atoms with van der Waals surface area (Å²) in [7, 11) is 3.32. The van der Waals surface area contributed by atoms with Crippen LogP contribution in [-0.4, -0.2) is 14.2 Å². The smallest absolute Gasteiger partial charge is 0.127 e. The molecule has 1 aromatic heterocycles. The van der Waals surface area contributed by atoms with Crippen molar-refractivity contribution in [3.8, 4) is 11.5 Å². The Morgan fingerprint density at radius 3 is 2.62 bits per heavy atom. The predicted octanol–water partition coefficient (Wildman–Crippen LogP) is 5.03. The number of methoxy groups -OCH3 is 2. The van der Waals surface area contributed by atoms with Gasteiger partial charge in [-0.15, -0.1) is 11.3 Å². The minimum atomic E-state index is 0.158. The van der Waals surface area contributed by atoms with E-state index >= 15 is 0 Å². The minimum absolute atomic E-state index is 0.158. The van der Waals surface area contributed by atoms with E-state index in [4.69, 9.17) is 21.1 Å². The molecule has 0 saturated carbocycles. The number of nitrogens with one attached hydrogen (secondary N) is 1.